The van der Waals surface area contributed by atoms with E-state index in [1.54, 1.807) is 0 Å². The fourth-order valence-corrected chi connectivity index (χ4v) is 2.60. The molecule has 1 heterocycles. The fourth-order valence-electron chi connectivity index (χ4n) is 2.60. The van der Waals surface area contributed by atoms with E-state index in [2.05, 4.69) is 22.2 Å². The smallest absolute Gasteiger partial charge is 0.201 e. The van der Waals surface area contributed by atoms with E-state index in [0.717, 1.165) is 29.2 Å². The largest absolute Gasteiger partial charge is 0.399 e. The molecule has 3 rings (SSSR count). The normalized spacial score (nSPS) is 16.9. The maximum atomic E-state index is 5.76. The van der Waals surface area contributed by atoms with Crippen LogP contribution >= 0.6 is 0 Å². The molecule has 0 atom stereocenters. The van der Waals surface area contributed by atoms with Crippen molar-refractivity contribution in [1.82, 2.24) is 9.97 Å². The monoisotopic (exact) mass is 244 g/mol. The first-order valence-electron chi connectivity index (χ1n) is 6.70. The first-order valence-corrected chi connectivity index (χ1v) is 6.70. The highest BCUT2D eigenvalue weighted by Crippen LogP contribution is 2.49. The summed E-state index contributed by atoms with van der Waals surface area (Å²) in [5.41, 5.74) is 9.02. The van der Waals surface area contributed by atoms with Crippen LogP contribution in [0.4, 0.5) is 11.6 Å². The lowest BCUT2D eigenvalue weighted by molar-refractivity contribution is 0.484. The zero-order valence-corrected chi connectivity index (χ0v) is 10.8. The zero-order chi connectivity index (χ0) is 12.6. The number of benzene rings is 1. The summed E-state index contributed by atoms with van der Waals surface area (Å²) >= 11 is 0. The van der Waals surface area contributed by atoms with E-state index >= 15 is 0 Å². The number of H-pyrrole nitrogens is 1. The minimum atomic E-state index is 0.534. The summed E-state index contributed by atoms with van der Waals surface area (Å²) < 4.78 is 0. The molecule has 4 N–H and O–H groups in total. The molecule has 0 amide bonds. The van der Waals surface area contributed by atoms with E-state index in [-0.39, 0.29) is 0 Å². The van der Waals surface area contributed by atoms with Crippen LogP contribution < -0.4 is 11.1 Å². The highest BCUT2D eigenvalue weighted by molar-refractivity contribution is 5.80. The predicted octanol–water partition coefficient (Wildman–Crippen LogP) is 3.14. The molecule has 2 aromatic rings. The third kappa shape index (κ3) is 2.15. The summed E-state index contributed by atoms with van der Waals surface area (Å²) in [5.74, 6) is 0.859. The number of hydrogen-bond donors (Lipinski definition) is 3. The van der Waals surface area contributed by atoms with Crippen LogP contribution in [0.1, 0.15) is 32.6 Å². The molecule has 0 bridgehead atoms. The Morgan fingerprint density at radius 3 is 3.00 bits per heavy atom. The molecule has 1 aliphatic rings. The average Bonchev–Trinajstić information content (AvgIpc) is 2.99. The molecule has 0 spiro atoms. The Morgan fingerprint density at radius 1 is 1.44 bits per heavy atom. The van der Waals surface area contributed by atoms with Crippen molar-refractivity contribution < 1.29 is 0 Å². The van der Waals surface area contributed by atoms with Gasteiger partial charge in [-0.05, 0) is 42.9 Å². The third-order valence-electron chi connectivity index (χ3n) is 3.87. The van der Waals surface area contributed by atoms with Crippen molar-refractivity contribution in [1.29, 1.82) is 0 Å². The Bertz CT molecular complexity index is 554. The summed E-state index contributed by atoms with van der Waals surface area (Å²) in [5, 5.41) is 3.43. The molecule has 1 aromatic heterocycles. The van der Waals surface area contributed by atoms with Crippen LogP contribution in [0.25, 0.3) is 11.0 Å². The third-order valence-corrected chi connectivity index (χ3v) is 3.87. The number of imidazole rings is 1. The summed E-state index contributed by atoms with van der Waals surface area (Å²) in [6, 6.07) is 5.75. The molecule has 0 unspecified atom stereocenters. The van der Waals surface area contributed by atoms with Crippen molar-refractivity contribution in [3.8, 4) is 0 Å². The van der Waals surface area contributed by atoms with Crippen LogP contribution in [0.3, 0.4) is 0 Å². The SMILES string of the molecule is CCCC1(CNc2nc3ccc(N)cc3[nH]2)CC1. The van der Waals surface area contributed by atoms with Crippen molar-refractivity contribution >= 4 is 22.7 Å². The highest BCUT2D eigenvalue weighted by atomic mass is 15.1. The Labute approximate surface area is 107 Å². The quantitative estimate of drug-likeness (QED) is 0.708. The fraction of sp³-hybridized carbons (Fsp3) is 0.500. The first-order chi connectivity index (χ1) is 8.71. The molecule has 1 aromatic carbocycles. The molecule has 0 radical (unpaired) electrons. The van der Waals surface area contributed by atoms with Crippen LogP contribution in [0.5, 0.6) is 0 Å². The number of nitrogen functional groups attached to an aromatic ring is 1. The standard InChI is InChI=1S/C14H20N4/c1-2-5-14(6-7-14)9-16-13-17-11-4-3-10(15)8-12(11)18-13/h3-4,8H,2,5-7,9,15H2,1H3,(H2,16,17,18). The molecule has 1 aliphatic carbocycles. The van der Waals surface area contributed by atoms with Gasteiger partial charge in [0.15, 0.2) is 0 Å². The number of nitrogens with one attached hydrogen (secondary N) is 2. The molecule has 1 saturated carbocycles. The van der Waals surface area contributed by atoms with Gasteiger partial charge in [-0.1, -0.05) is 13.3 Å². The number of rotatable bonds is 5. The van der Waals surface area contributed by atoms with Gasteiger partial charge >= 0.3 is 0 Å². The second kappa shape index (κ2) is 4.19. The number of aromatic nitrogens is 2. The highest BCUT2D eigenvalue weighted by Gasteiger charge is 2.41. The molecule has 0 saturated heterocycles. The van der Waals surface area contributed by atoms with Gasteiger partial charge in [-0.25, -0.2) is 4.98 Å². The predicted molar refractivity (Wildman–Crippen MR) is 75.6 cm³/mol. The number of nitrogens with two attached hydrogens (primary N) is 1. The minimum absolute atomic E-state index is 0.534. The minimum Gasteiger partial charge on any atom is -0.399 e. The van der Waals surface area contributed by atoms with Crippen molar-refractivity contribution in [3.63, 3.8) is 0 Å². The maximum Gasteiger partial charge on any atom is 0.201 e. The van der Waals surface area contributed by atoms with Gasteiger partial charge in [-0.15, -0.1) is 0 Å². The van der Waals surface area contributed by atoms with Crippen LogP contribution in [0.2, 0.25) is 0 Å². The van der Waals surface area contributed by atoms with Gasteiger partial charge in [0.05, 0.1) is 11.0 Å². The molecule has 4 nitrogen and oxygen atoms in total. The number of aromatic amines is 1. The van der Waals surface area contributed by atoms with Gasteiger partial charge in [0.25, 0.3) is 0 Å². The van der Waals surface area contributed by atoms with Crippen LogP contribution in [-0.4, -0.2) is 16.5 Å². The Kier molecular flexibility index (Phi) is 2.65. The Hall–Kier alpha value is -1.71. The molecular weight excluding hydrogens is 224 g/mol. The number of hydrogen-bond acceptors (Lipinski definition) is 3. The van der Waals surface area contributed by atoms with Crippen LogP contribution in [0, 0.1) is 5.41 Å². The topological polar surface area (TPSA) is 66.7 Å². The van der Waals surface area contributed by atoms with Gasteiger partial charge in [0, 0.05) is 12.2 Å². The van der Waals surface area contributed by atoms with Gasteiger partial charge in [0.2, 0.25) is 5.95 Å². The second-order valence-corrected chi connectivity index (χ2v) is 5.47. The molecular formula is C14H20N4. The molecule has 18 heavy (non-hydrogen) atoms. The Morgan fingerprint density at radius 2 is 2.28 bits per heavy atom. The van der Waals surface area contributed by atoms with Crippen molar-refractivity contribution in [3.05, 3.63) is 18.2 Å². The van der Waals surface area contributed by atoms with E-state index in [0.29, 0.717) is 5.41 Å². The van der Waals surface area contributed by atoms with Crippen LogP contribution in [-0.2, 0) is 0 Å². The summed E-state index contributed by atoms with van der Waals surface area (Å²) in [7, 11) is 0. The van der Waals surface area contributed by atoms with Crippen LogP contribution in [0.15, 0.2) is 18.2 Å². The number of nitrogens with zero attached hydrogens (tertiary/aromatic N) is 1. The summed E-state index contributed by atoms with van der Waals surface area (Å²) in [6.07, 6.45) is 5.27. The summed E-state index contributed by atoms with van der Waals surface area (Å²) in [4.78, 5) is 7.80. The molecule has 1 fully saturated rings. The number of fused-ring (bicyclic) bond motifs is 1. The lowest BCUT2D eigenvalue weighted by Crippen LogP contribution is -2.15. The molecule has 0 aliphatic heterocycles. The maximum absolute atomic E-state index is 5.76. The van der Waals surface area contributed by atoms with Gasteiger partial charge in [-0.2, -0.15) is 0 Å². The first kappa shape index (κ1) is 11.4. The Balaban J connectivity index is 1.71. The van der Waals surface area contributed by atoms with E-state index < -0.39 is 0 Å². The van der Waals surface area contributed by atoms with Gasteiger partial charge in [-0.3, -0.25) is 0 Å². The lowest BCUT2D eigenvalue weighted by Gasteiger charge is -2.13. The van der Waals surface area contributed by atoms with E-state index in [9.17, 15) is 0 Å². The van der Waals surface area contributed by atoms with E-state index in [4.69, 9.17) is 5.73 Å². The lowest BCUT2D eigenvalue weighted by atomic mass is 10.0. The van der Waals surface area contributed by atoms with Crippen molar-refractivity contribution in [2.45, 2.75) is 32.6 Å². The zero-order valence-electron chi connectivity index (χ0n) is 10.8. The van der Waals surface area contributed by atoms with Crippen molar-refractivity contribution in [2.24, 2.45) is 5.41 Å². The van der Waals surface area contributed by atoms with Crippen molar-refractivity contribution in [2.75, 3.05) is 17.6 Å². The average molecular weight is 244 g/mol. The van der Waals surface area contributed by atoms with Gasteiger partial charge < -0.3 is 16.0 Å². The van der Waals surface area contributed by atoms with Gasteiger partial charge in [0.1, 0.15) is 0 Å². The molecule has 96 valence electrons. The second-order valence-electron chi connectivity index (χ2n) is 5.47. The van der Waals surface area contributed by atoms with E-state index in [1.165, 1.54) is 25.7 Å². The van der Waals surface area contributed by atoms with E-state index in [1.807, 2.05) is 18.2 Å². The molecule has 4 heteroatoms. The summed E-state index contributed by atoms with van der Waals surface area (Å²) in [6.45, 7) is 3.28. The number of anilines is 2.